The van der Waals surface area contributed by atoms with Gasteiger partial charge >= 0.3 is 0 Å². The molecule has 21 heavy (non-hydrogen) atoms. The second-order valence-electron chi connectivity index (χ2n) is 6.05. The van der Waals surface area contributed by atoms with Crippen LogP contribution in [0.3, 0.4) is 0 Å². The summed E-state index contributed by atoms with van der Waals surface area (Å²) in [4.78, 5) is 16.3. The highest BCUT2D eigenvalue weighted by molar-refractivity contribution is 5.85. The van der Waals surface area contributed by atoms with E-state index in [0.717, 1.165) is 16.9 Å². The summed E-state index contributed by atoms with van der Waals surface area (Å²) in [6, 6.07) is 5.66. The molecule has 0 bridgehead atoms. The van der Waals surface area contributed by atoms with Crippen molar-refractivity contribution in [1.82, 2.24) is 10.1 Å². The maximum atomic E-state index is 12.0. The van der Waals surface area contributed by atoms with E-state index in [1.165, 1.54) is 0 Å². The molecule has 5 heteroatoms. The lowest BCUT2D eigenvalue weighted by Gasteiger charge is -2.14. The van der Waals surface area contributed by atoms with Crippen molar-refractivity contribution >= 4 is 5.78 Å². The van der Waals surface area contributed by atoms with Crippen LogP contribution in [-0.4, -0.2) is 23.0 Å². The molecule has 0 aliphatic rings. The first-order valence-electron chi connectivity index (χ1n) is 6.82. The van der Waals surface area contributed by atoms with E-state index in [9.17, 15) is 4.79 Å². The van der Waals surface area contributed by atoms with Crippen molar-refractivity contribution in [2.75, 3.05) is 7.11 Å². The van der Waals surface area contributed by atoms with Crippen LogP contribution in [-0.2, 0) is 11.2 Å². The molecule has 0 saturated carbocycles. The fourth-order valence-electron chi connectivity index (χ4n) is 1.86. The number of ether oxygens (including phenoxy) is 1. The van der Waals surface area contributed by atoms with E-state index in [1.54, 1.807) is 7.11 Å². The Morgan fingerprint density at radius 3 is 2.62 bits per heavy atom. The molecule has 1 heterocycles. The highest BCUT2D eigenvalue weighted by Gasteiger charge is 2.24. The zero-order valence-corrected chi connectivity index (χ0v) is 13.1. The number of carbonyl (C=O) groups excluding carboxylic acids is 1. The monoisotopic (exact) mass is 288 g/mol. The molecule has 0 amide bonds. The molecular formula is C16H20N2O3. The predicted molar refractivity (Wildman–Crippen MR) is 79.2 cm³/mol. The largest absolute Gasteiger partial charge is 0.496 e. The summed E-state index contributed by atoms with van der Waals surface area (Å²) in [5, 5.41) is 3.94. The van der Waals surface area contributed by atoms with Crippen molar-refractivity contribution in [3.05, 3.63) is 29.7 Å². The van der Waals surface area contributed by atoms with Crippen LogP contribution in [0, 0.1) is 12.3 Å². The Bertz CT molecular complexity index is 654. The number of rotatable bonds is 4. The first kappa shape index (κ1) is 15.2. The topological polar surface area (TPSA) is 65.2 Å². The minimum atomic E-state index is -0.411. The van der Waals surface area contributed by atoms with Gasteiger partial charge < -0.3 is 9.26 Å². The van der Waals surface area contributed by atoms with Crippen molar-refractivity contribution in [2.24, 2.45) is 5.41 Å². The molecule has 2 rings (SSSR count). The summed E-state index contributed by atoms with van der Waals surface area (Å²) < 4.78 is 10.4. The van der Waals surface area contributed by atoms with Crippen molar-refractivity contribution in [3.63, 3.8) is 0 Å². The molecule has 0 saturated heterocycles. The fourth-order valence-corrected chi connectivity index (χ4v) is 1.86. The number of ketones is 1. The van der Waals surface area contributed by atoms with Gasteiger partial charge in [-0.25, -0.2) is 0 Å². The number of aryl methyl sites for hydroxylation is 1. The second-order valence-corrected chi connectivity index (χ2v) is 6.05. The highest BCUT2D eigenvalue weighted by Crippen LogP contribution is 2.25. The van der Waals surface area contributed by atoms with E-state index < -0.39 is 5.41 Å². The third-order valence-corrected chi connectivity index (χ3v) is 3.27. The average molecular weight is 288 g/mol. The van der Waals surface area contributed by atoms with Crippen LogP contribution in [0.4, 0.5) is 0 Å². The van der Waals surface area contributed by atoms with Gasteiger partial charge in [0.05, 0.1) is 13.5 Å². The minimum absolute atomic E-state index is 0.0728. The van der Waals surface area contributed by atoms with Crippen LogP contribution in [0.5, 0.6) is 5.75 Å². The summed E-state index contributed by atoms with van der Waals surface area (Å²) in [7, 11) is 1.63. The molecule has 2 aromatic rings. The van der Waals surface area contributed by atoms with E-state index in [0.29, 0.717) is 11.7 Å². The first-order chi connectivity index (χ1) is 9.81. The first-order valence-corrected chi connectivity index (χ1v) is 6.82. The lowest BCUT2D eigenvalue weighted by atomic mass is 9.89. The van der Waals surface area contributed by atoms with Crippen LogP contribution in [0.1, 0.15) is 32.2 Å². The SMILES string of the molecule is COc1ccc(-c2noc(CC(=O)C(C)(C)C)n2)cc1C. The lowest BCUT2D eigenvalue weighted by molar-refractivity contribution is -0.125. The molecular weight excluding hydrogens is 268 g/mol. The van der Waals surface area contributed by atoms with Gasteiger partial charge in [-0.2, -0.15) is 4.98 Å². The predicted octanol–water partition coefficient (Wildman–Crippen LogP) is 3.21. The van der Waals surface area contributed by atoms with Crippen LogP contribution < -0.4 is 4.74 Å². The standard InChI is InChI=1S/C16H20N2O3/c1-10-8-11(6-7-12(10)20-5)15-17-14(21-18-15)9-13(19)16(2,3)4/h6-8H,9H2,1-5H3. The van der Waals surface area contributed by atoms with Crippen molar-refractivity contribution < 1.29 is 14.1 Å². The summed E-state index contributed by atoms with van der Waals surface area (Å²) >= 11 is 0. The maximum absolute atomic E-state index is 12.0. The Morgan fingerprint density at radius 2 is 2.05 bits per heavy atom. The summed E-state index contributed by atoms with van der Waals surface area (Å²) in [6.07, 6.45) is 0.158. The van der Waals surface area contributed by atoms with Crippen LogP contribution in [0.15, 0.2) is 22.7 Å². The van der Waals surface area contributed by atoms with Gasteiger partial charge in [0.15, 0.2) is 0 Å². The molecule has 1 aromatic heterocycles. The fraction of sp³-hybridized carbons (Fsp3) is 0.438. The zero-order valence-electron chi connectivity index (χ0n) is 13.1. The second kappa shape index (κ2) is 5.68. The van der Waals surface area contributed by atoms with E-state index in [4.69, 9.17) is 9.26 Å². The quantitative estimate of drug-likeness (QED) is 0.864. The summed E-state index contributed by atoms with van der Waals surface area (Å²) in [5.74, 6) is 1.71. The van der Waals surface area contributed by atoms with Gasteiger partial charge in [0, 0.05) is 11.0 Å². The van der Waals surface area contributed by atoms with Crippen LogP contribution in [0.2, 0.25) is 0 Å². The molecule has 0 fully saturated rings. The highest BCUT2D eigenvalue weighted by atomic mass is 16.5. The van der Waals surface area contributed by atoms with Gasteiger partial charge in [-0.3, -0.25) is 4.79 Å². The van der Waals surface area contributed by atoms with Crippen LogP contribution >= 0.6 is 0 Å². The van der Waals surface area contributed by atoms with E-state index >= 15 is 0 Å². The zero-order chi connectivity index (χ0) is 15.6. The Hall–Kier alpha value is -2.17. The Balaban J connectivity index is 2.20. The van der Waals surface area contributed by atoms with E-state index in [2.05, 4.69) is 10.1 Å². The summed E-state index contributed by atoms with van der Waals surface area (Å²) in [6.45, 7) is 7.57. The van der Waals surface area contributed by atoms with Crippen molar-refractivity contribution in [3.8, 4) is 17.1 Å². The average Bonchev–Trinajstić information content (AvgIpc) is 2.86. The number of nitrogens with zero attached hydrogens (tertiary/aromatic N) is 2. The number of aromatic nitrogens is 2. The van der Waals surface area contributed by atoms with Crippen LogP contribution in [0.25, 0.3) is 11.4 Å². The molecule has 0 aliphatic heterocycles. The number of hydrogen-bond acceptors (Lipinski definition) is 5. The Labute approximate surface area is 124 Å². The molecule has 5 nitrogen and oxygen atoms in total. The van der Waals surface area contributed by atoms with Gasteiger partial charge in [-0.05, 0) is 30.7 Å². The van der Waals surface area contributed by atoms with Gasteiger partial charge in [0.1, 0.15) is 11.5 Å². The molecule has 0 spiro atoms. The molecule has 0 N–H and O–H groups in total. The number of Topliss-reactive ketones (excluding diaryl/α,β-unsaturated/α-hetero) is 1. The molecule has 1 aromatic carbocycles. The van der Waals surface area contributed by atoms with Gasteiger partial charge in [-0.15, -0.1) is 0 Å². The number of methoxy groups -OCH3 is 1. The lowest BCUT2D eigenvalue weighted by Crippen LogP contribution is -2.22. The third kappa shape index (κ3) is 3.48. The van der Waals surface area contributed by atoms with Gasteiger partial charge in [0.25, 0.3) is 0 Å². The molecule has 0 aliphatic carbocycles. The van der Waals surface area contributed by atoms with Crippen molar-refractivity contribution in [2.45, 2.75) is 34.1 Å². The maximum Gasteiger partial charge on any atom is 0.234 e. The normalized spacial score (nSPS) is 11.5. The number of hydrogen-bond donors (Lipinski definition) is 0. The van der Waals surface area contributed by atoms with Gasteiger partial charge in [0.2, 0.25) is 11.7 Å². The number of carbonyl (C=O) groups is 1. The van der Waals surface area contributed by atoms with E-state index in [1.807, 2.05) is 45.9 Å². The Kier molecular flexibility index (Phi) is 4.11. The molecule has 112 valence electrons. The number of benzene rings is 1. The molecule has 0 atom stereocenters. The Morgan fingerprint density at radius 1 is 1.33 bits per heavy atom. The molecule has 0 unspecified atom stereocenters. The smallest absolute Gasteiger partial charge is 0.234 e. The minimum Gasteiger partial charge on any atom is -0.496 e. The molecule has 0 radical (unpaired) electrons. The van der Waals surface area contributed by atoms with Crippen molar-refractivity contribution in [1.29, 1.82) is 0 Å². The summed E-state index contributed by atoms with van der Waals surface area (Å²) in [5.41, 5.74) is 1.42. The van der Waals surface area contributed by atoms with E-state index in [-0.39, 0.29) is 12.2 Å². The van der Waals surface area contributed by atoms with Gasteiger partial charge in [-0.1, -0.05) is 25.9 Å². The third-order valence-electron chi connectivity index (χ3n) is 3.27.